The van der Waals surface area contributed by atoms with Gasteiger partial charge in [-0.2, -0.15) is 13.2 Å². The molecule has 0 saturated carbocycles. The number of hydrogen-bond acceptors (Lipinski definition) is 4. The Morgan fingerprint density at radius 1 is 1.20 bits per heavy atom. The van der Waals surface area contributed by atoms with E-state index in [2.05, 4.69) is 4.74 Å². The average molecular weight is 383 g/mol. The van der Waals surface area contributed by atoms with Gasteiger partial charge in [0, 0.05) is 26.3 Å². The maximum absolute atomic E-state index is 14.2. The summed E-state index contributed by atoms with van der Waals surface area (Å²) in [6, 6.07) is 1.89. The van der Waals surface area contributed by atoms with Crippen LogP contribution in [0.15, 0.2) is 27.8 Å². The molecule has 6 nitrogen and oxygen atoms in total. The van der Waals surface area contributed by atoms with Crippen molar-refractivity contribution in [1.82, 2.24) is 9.13 Å². The smallest absolute Gasteiger partial charge is 0.431 e. The Labute approximate surface area is 142 Å². The number of nitrogens with zero attached hydrogens (tertiary/aromatic N) is 2. The first-order valence-corrected chi connectivity index (χ1v) is 6.97. The Morgan fingerprint density at radius 2 is 1.84 bits per heavy atom. The Kier molecular flexibility index (Phi) is 5.23. The van der Waals surface area contributed by atoms with Crippen molar-refractivity contribution in [3.05, 3.63) is 55.6 Å². The number of alkyl halides is 3. The van der Waals surface area contributed by atoms with E-state index in [0.717, 1.165) is 19.2 Å². The summed E-state index contributed by atoms with van der Waals surface area (Å²) in [6.45, 7) is -0.259. The zero-order valence-corrected chi connectivity index (χ0v) is 13.6. The molecule has 25 heavy (non-hydrogen) atoms. The topological polar surface area (TPSA) is 62.5 Å². The summed E-state index contributed by atoms with van der Waals surface area (Å²) < 4.78 is 62.9. The van der Waals surface area contributed by atoms with Crippen LogP contribution in [0.25, 0.3) is 5.69 Å². The summed E-state index contributed by atoms with van der Waals surface area (Å²) in [7, 11) is 2.13. The van der Waals surface area contributed by atoms with Gasteiger partial charge in [-0.15, -0.1) is 0 Å². The Bertz CT molecular complexity index is 921. The fourth-order valence-corrected chi connectivity index (χ4v) is 2.25. The lowest BCUT2D eigenvalue weighted by molar-refractivity contribution is -0.144. The summed E-state index contributed by atoms with van der Waals surface area (Å²) in [5.74, 6) is -1.21. The molecule has 0 bridgehead atoms. The van der Waals surface area contributed by atoms with Gasteiger partial charge in [0.05, 0.1) is 10.7 Å². The van der Waals surface area contributed by atoms with Gasteiger partial charge in [0.1, 0.15) is 17.3 Å². The van der Waals surface area contributed by atoms with Crippen molar-refractivity contribution in [3.63, 3.8) is 0 Å². The van der Waals surface area contributed by atoms with Gasteiger partial charge in [-0.05, 0) is 6.07 Å². The Balaban J connectivity index is 2.73. The Hall–Kier alpha value is -2.33. The van der Waals surface area contributed by atoms with Crippen LogP contribution in [-0.2, 0) is 18.0 Å². The minimum atomic E-state index is -4.92. The first-order valence-electron chi connectivity index (χ1n) is 6.59. The molecule has 0 radical (unpaired) electrons. The van der Waals surface area contributed by atoms with E-state index in [9.17, 15) is 27.2 Å². The molecule has 0 aliphatic carbocycles. The van der Waals surface area contributed by atoms with Crippen LogP contribution in [0.2, 0.25) is 5.02 Å². The molecule has 1 aromatic carbocycles. The highest BCUT2D eigenvalue weighted by Crippen LogP contribution is 2.30. The monoisotopic (exact) mass is 382 g/mol. The largest absolute Gasteiger partial charge is 0.466 e. The fraction of sp³-hybridized carbons (Fsp3) is 0.286. The molecule has 0 spiro atoms. The number of methoxy groups -OCH3 is 1. The second kappa shape index (κ2) is 6.89. The summed E-state index contributed by atoms with van der Waals surface area (Å²) in [5, 5.41) is -0.171. The van der Waals surface area contributed by atoms with Crippen LogP contribution in [0.1, 0.15) is 5.69 Å². The van der Waals surface area contributed by atoms with Crippen molar-refractivity contribution in [2.24, 2.45) is 7.05 Å². The molecule has 0 fully saturated rings. The fourth-order valence-electron chi connectivity index (χ4n) is 2.04. The van der Waals surface area contributed by atoms with Gasteiger partial charge in [0.2, 0.25) is 0 Å². The maximum atomic E-state index is 14.2. The molecule has 0 unspecified atom stereocenters. The molecule has 136 valence electrons. The van der Waals surface area contributed by atoms with Gasteiger partial charge in [0.25, 0.3) is 5.56 Å². The molecule has 11 heteroatoms. The maximum Gasteiger partial charge on any atom is 0.431 e. The van der Waals surface area contributed by atoms with Gasteiger partial charge >= 0.3 is 11.9 Å². The summed E-state index contributed by atoms with van der Waals surface area (Å²) >= 11 is 5.78. The lowest BCUT2D eigenvalue weighted by Gasteiger charge is -2.15. The molecular weight excluding hydrogens is 372 g/mol. The second-order valence-electron chi connectivity index (χ2n) is 4.83. The van der Waals surface area contributed by atoms with E-state index in [1.807, 2.05) is 0 Å². The quantitative estimate of drug-likeness (QED) is 0.601. The molecule has 0 N–H and O–H groups in total. The third-order valence-corrected chi connectivity index (χ3v) is 3.48. The van der Waals surface area contributed by atoms with E-state index in [-0.39, 0.29) is 32.8 Å². The molecule has 0 aliphatic heterocycles. The summed E-state index contributed by atoms with van der Waals surface area (Å²) in [4.78, 5) is 24.2. The van der Waals surface area contributed by atoms with Crippen molar-refractivity contribution in [2.45, 2.75) is 6.18 Å². The van der Waals surface area contributed by atoms with Gasteiger partial charge in [0.15, 0.2) is 6.79 Å². The molecule has 0 aliphatic rings. The molecule has 0 atom stereocenters. The van der Waals surface area contributed by atoms with Gasteiger partial charge in [-0.3, -0.25) is 9.36 Å². The number of ether oxygens (including phenoxy) is 2. The number of halogens is 5. The summed E-state index contributed by atoms with van der Waals surface area (Å²) in [6.07, 6.45) is -4.92. The number of hydrogen-bond donors (Lipinski definition) is 0. The molecule has 1 heterocycles. The van der Waals surface area contributed by atoms with E-state index < -0.39 is 34.6 Å². The highest BCUT2D eigenvalue weighted by Gasteiger charge is 2.35. The molecule has 1 aromatic heterocycles. The standard InChI is InChI=1S/C14H11ClF4N2O4/c1-20-11(14(17,18)19)5-12(22)21(13(20)23)9-4-10(25-6-24-2)7(15)3-8(9)16/h3-5H,6H2,1-2H3. The minimum absolute atomic E-state index is 0.117. The first kappa shape index (κ1) is 19.0. The zero-order valence-electron chi connectivity index (χ0n) is 12.9. The normalized spacial score (nSPS) is 11.6. The van der Waals surface area contributed by atoms with Crippen LogP contribution in [0.3, 0.4) is 0 Å². The van der Waals surface area contributed by atoms with E-state index >= 15 is 0 Å². The second-order valence-corrected chi connectivity index (χ2v) is 5.23. The van der Waals surface area contributed by atoms with Crippen molar-refractivity contribution in [3.8, 4) is 11.4 Å². The van der Waals surface area contributed by atoms with Crippen LogP contribution in [0.5, 0.6) is 5.75 Å². The van der Waals surface area contributed by atoms with Crippen molar-refractivity contribution < 1.29 is 27.0 Å². The molecular formula is C14H11ClF4N2O4. The first-order chi connectivity index (χ1) is 11.6. The van der Waals surface area contributed by atoms with E-state index in [1.165, 1.54) is 7.11 Å². The van der Waals surface area contributed by atoms with Crippen LogP contribution < -0.4 is 16.0 Å². The highest BCUT2D eigenvalue weighted by atomic mass is 35.5. The predicted octanol–water partition coefficient (Wildman–Crippen LogP) is 2.33. The van der Waals surface area contributed by atoms with E-state index in [1.54, 1.807) is 0 Å². The molecule has 0 amide bonds. The third kappa shape index (κ3) is 3.69. The molecule has 2 rings (SSSR count). The number of rotatable bonds is 4. The van der Waals surface area contributed by atoms with Crippen molar-refractivity contribution in [1.29, 1.82) is 0 Å². The van der Waals surface area contributed by atoms with Crippen LogP contribution in [0, 0.1) is 5.82 Å². The molecule has 2 aromatic rings. The van der Waals surface area contributed by atoms with Crippen molar-refractivity contribution in [2.75, 3.05) is 13.9 Å². The van der Waals surface area contributed by atoms with Gasteiger partial charge < -0.3 is 9.47 Å². The van der Waals surface area contributed by atoms with Crippen LogP contribution in [0.4, 0.5) is 17.6 Å². The summed E-state index contributed by atoms with van der Waals surface area (Å²) in [5.41, 5.74) is -4.79. The highest BCUT2D eigenvalue weighted by molar-refractivity contribution is 6.32. The minimum Gasteiger partial charge on any atom is -0.466 e. The van der Waals surface area contributed by atoms with Gasteiger partial charge in [-0.1, -0.05) is 11.6 Å². The number of benzene rings is 1. The van der Waals surface area contributed by atoms with E-state index in [4.69, 9.17) is 16.3 Å². The van der Waals surface area contributed by atoms with Crippen LogP contribution >= 0.6 is 11.6 Å². The lowest BCUT2D eigenvalue weighted by Crippen LogP contribution is -2.41. The average Bonchev–Trinajstić information content (AvgIpc) is 2.50. The van der Waals surface area contributed by atoms with Gasteiger partial charge in [-0.25, -0.2) is 13.8 Å². The van der Waals surface area contributed by atoms with Crippen LogP contribution in [-0.4, -0.2) is 23.0 Å². The SMILES string of the molecule is COCOc1cc(-n2c(=O)cc(C(F)(F)F)n(C)c2=O)c(F)cc1Cl. The van der Waals surface area contributed by atoms with E-state index in [0.29, 0.717) is 0 Å². The third-order valence-electron chi connectivity index (χ3n) is 3.19. The zero-order chi connectivity index (χ0) is 18.9. The number of aromatic nitrogens is 2. The Morgan fingerprint density at radius 3 is 2.40 bits per heavy atom. The lowest BCUT2D eigenvalue weighted by atomic mass is 10.2. The molecule has 0 saturated heterocycles. The van der Waals surface area contributed by atoms with Crippen molar-refractivity contribution >= 4 is 11.6 Å². The predicted molar refractivity (Wildman–Crippen MR) is 79.8 cm³/mol.